The monoisotopic (exact) mass is 398 g/mol. The Bertz CT molecular complexity index is 1220. The Labute approximate surface area is 160 Å². The van der Waals surface area contributed by atoms with Crippen molar-refractivity contribution in [1.29, 1.82) is 0 Å². The van der Waals surface area contributed by atoms with Gasteiger partial charge in [-0.15, -0.1) is 0 Å². The topological polar surface area (TPSA) is 13.1 Å². The molecule has 0 unspecified atom stereocenters. The van der Waals surface area contributed by atoms with E-state index in [4.69, 9.17) is 4.42 Å². The first-order valence-electron chi connectivity index (χ1n) is 8.56. The van der Waals surface area contributed by atoms with Gasteiger partial charge in [0.15, 0.2) is 0 Å². The number of rotatable bonds is 2. The maximum absolute atomic E-state index is 6.19. The van der Waals surface area contributed by atoms with Crippen molar-refractivity contribution in [1.82, 2.24) is 0 Å². The summed E-state index contributed by atoms with van der Waals surface area (Å²) in [5, 5.41) is 2.33. The van der Waals surface area contributed by atoms with Crippen molar-refractivity contribution in [3.05, 3.63) is 95.5 Å². The van der Waals surface area contributed by atoms with Crippen LogP contribution in [-0.4, -0.2) is 0 Å². The van der Waals surface area contributed by atoms with Gasteiger partial charge in [0.05, 0.1) is 0 Å². The van der Waals surface area contributed by atoms with E-state index >= 15 is 0 Å². The quantitative estimate of drug-likeness (QED) is 0.297. The third-order valence-electron chi connectivity index (χ3n) is 4.76. The second-order valence-electron chi connectivity index (χ2n) is 6.36. The predicted molar refractivity (Wildman–Crippen MR) is 112 cm³/mol. The molecule has 0 atom stereocenters. The lowest BCUT2D eigenvalue weighted by Crippen LogP contribution is -1.79. The average Bonchev–Trinajstić information content (AvgIpc) is 3.07. The van der Waals surface area contributed by atoms with E-state index in [1.165, 1.54) is 22.1 Å². The van der Waals surface area contributed by atoms with Gasteiger partial charge < -0.3 is 4.42 Å². The zero-order chi connectivity index (χ0) is 17.5. The van der Waals surface area contributed by atoms with Gasteiger partial charge in [-0.25, -0.2) is 0 Å². The second-order valence-corrected chi connectivity index (χ2v) is 7.28. The zero-order valence-electron chi connectivity index (χ0n) is 13.9. The number of benzene rings is 4. The van der Waals surface area contributed by atoms with Crippen molar-refractivity contribution in [2.45, 2.75) is 0 Å². The fraction of sp³-hybridized carbons (Fsp3) is 0. The zero-order valence-corrected chi connectivity index (χ0v) is 15.5. The molecule has 0 amide bonds. The summed E-state index contributed by atoms with van der Waals surface area (Å²) in [6, 6.07) is 31.6. The molecule has 0 fully saturated rings. The Kier molecular flexibility index (Phi) is 3.65. The molecule has 26 heavy (non-hydrogen) atoms. The van der Waals surface area contributed by atoms with E-state index in [0.29, 0.717) is 0 Å². The van der Waals surface area contributed by atoms with Crippen molar-refractivity contribution >= 4 is 37.9 Å². The molecule has 2 heteroatoms. The van der Waals surface area contributed by atoms with E-state index in [2.05, 4.69) is 94.8 Å². The van der Waals surface area contributed by atoms with Crippen molar-refractivity contribution in [3.8, 4) is 22.3 Å². The van der Waals surface area contributed by atoms with Crippen molar-refractivity contribution in [2.24, 2.45) is 0 Å². The van der Waals surface area contributed by atoms with Crippen molar-refractivity contribution in [3.63, 3.8) is 0 Å². The van der Waals surface area contributed by atoms with E-state index in [1.807, 2.05) is 12.1 Å². The largest absolute Gasteiger partial charge is 0.456 e. The Morgan fingerprint density at radius 1 is 0.577 bits per heavy atom. The molecule has 0 N–H and O–H groups in total. The van der Waals surface area contributed by atoms with Crippen LogP contribution in [0, 0.1) is 0 Å². The number of fused-ring (bicyclic) bond motifs is 3. The lowest BCUT2D eigenvalue weighted by atomic mass is 9.98. The predicted octanol–water partition coefficient (Wildman–Crippen LogP) is 7.68. The highest BCUT2D eigenvalue weighted by Crippen LogP contribution is 2.38. The smallest absolute Gasteiger partial charge is 0.136 e. The van der Waals surface area contributed by atoms with Gasteiger partial charge in [0.2, 0.25) is 0 Å². The van der Waals surface area contributed by atoms with Crippen LogP contribution in [-0.2, 0) is 0 Å². The SMILES string of the molecule is Brc1ccc(-c2ccc3c(c2)oc2cccc(-c4ccccc4)c23)cc1. The highest BCUT2D eigenvalue weighted by molar-refractivity contribution is 9.10. The molecule has 0 radical (unpaired) electrons. The molecule has 1 aromatic heterocycles. The summed E-state index contributed by atoms with van der Waals surface area (Å²) in [6.07, 6.45) is 0. The molecule has 0 aliphatic carbocycles. The van der Waals surface area contributed by atoms with Crippen molar-refractivity contribution < 1.29 is 4.42 Å². The van der Waals surface area contributed by atoms with E-state index in [1.54, 1.807) is 0 Å². The van der Waals surface area contributed by atoms with Gasteiger partial charge in [-0.05, 0) is 52.6 Å². The Hall–Kier alpha value is -2.84. The fourth-order valence-electron chi connectivity index (χ4n) is 3.51. The summed E-state index contributed by atoms with van der Waals surface area (Å²) in [5.74, 6) is 0. The van der Waals surface area contributed by atoms with Crippen LogP contribution in [0.2, 0.25) is 0 Å². The summed E-state index contributed by atoms with van der Waals surface area (Å²) in [4.78, 5) is 0. The third-order valence-corrected chi connectivity index (χ3v) is 5.29. The normalized spacial score (nSPS) is 11.3. The molecular weight excluding hydrogens is 384 g/mol. The molecule has 0 bridgehead atoms. The van der Waals surface area contributed by atoms with Crippen LogP contribution in [0.25, 0.3) is 44.2 Å². The summed E-state index contributed by atoms with van der Waals surface area (Å²) in [6.45, 7) is 0. The molecule has 0 saturated heterocycles. The molecule has 5 aromatic rings. The van der Waals surface area contributed by atoms with Gasteiger partial charge in [-0.1, -0.05) is 76.6 Å². The summed E-state index contributed by atoms with van der Waals surface area (Å²) in [5.41, 5.74) is 6.60. The van der Waals surface area contributed by atoms with Crippen LogP contribution in [0.4, 0.5) is 0 Å². The standard InChI is InChI=1S/C24H15BrO/c25-19-12-9-16(10-13-19)18-11-14-21-23(15-18)26-22-8-4-7-20(24(21)22)17-5-2-1-3-6-17/h1-15H. The van der Waals surface area contributed by atoms with Crippen LogP contribution in [0.3, 0.4) is 0 Å². The minimum atomic E-state index is 0.920. The van der Waals surface area contributed by atoms with Crippen LogP contribution in [0.5, 0.6) is 0 Å². The van der Waals surface area contributed by atoms with Crippen LogP contribution >= 0.6 is 15.9 Å². The summed E-state index contributed by atoms with van der Waals surface area (Å²) < 4.78 is 7.27. The molecule has 0 aliphatic rings. The third kappa shape index (κ3) is 2.54. The molecule has 5 rings (SSSR count). The summed E-state index contributed by atoms with van der Waals surface area (Å²) >= 11 is 3.49. The van der Waals surface area contributed by atoms with E-state index in [-0.39, 0.29) is 0 Å². The Morgan fingerprint density at radius 3 is 2.15 bits per heavy atom. The first kappa shape index (κ1) is 15.4. The molecule has 1 heterocycles. The minimum absolute atomic E-state index is 0.920. The number of hydrogen-bond acceptors (Lipinski definition) is 1. The van der Waals surface area contributed by atoms with Crippen molar-refractivity contribution in [2.75, 3.05) is 0 Å². The molecule has 0 aliphatic heterocycles. The molecule has 124 valence electrons. The first-order chi connectivity index (χ1) is 12.8. The van der Waals surface area contributed by atoms with E-state index < -0.39 is 0 Å². The lowest BCUT2D eigenvalue weighted by Gasteiger charge is -2.04. The molecular formula is C24H15BrO. The Morgan fingerprint density at radius 2 is 1.35 bits per heavy atom. The molecule has 1 nitrogen and oxygen atoms in total. The maximum atomic E-state index is 6.19. The Balaban J connectivity index is 1.74. The molecule has 4 aromatic carbocycles. The number of halogens is 1. The molecule has 0 spiro atoms. The number of furan rings is 1. The fourth-order valence-corrected chi connectivity index (χ4v) is 3.77. The lowest BCUT2D eigenvalue weighted by molar-refractivity contribution is 0.669. The second kappa shape index (κ2) is 6.15. The van der Waals surface area contributed by atoms with Crippen LogP contribution in [0.1, 0.15) is 0 Å². The number of hydrogen-bond donors (Lipinski definition) is 0. The maximum Gasteiger partial charge on any atom is 0.136 e. The minimum Gasteiger partial charge on any atom is -0.456 e. The van der Waals surface area contributed by atoms with Crippen LogP contribution < -0.4 is 0 Å². The van der Waals surface area contributed by atoms with Gasteiger partial charge in [0.25, 0.3) is 0 Å². The van der Waals surface area contributed by atoms with E-state index in [0.717, 1.165) is 26.6 Å². The highest BCUT2D eigenvalue weighted by Gasteiger charge is 2.13. The van der Waals surface area contributed by atoms with Gasteiger partial charge in [-0.2, -0.15) is 0 Å². The highest BCUT2D eigenvalue weighted by atomic mass is 79.9. The van der Waals surface area contributed by atoms with Crippen LogP contribution in [0.15, 0.2) is 99.9 Å². The van der Waals surface area contributed by atoms with Gasteiger partial charge in [-0.3, -0.25) is 0 Å². The first-order valence-corrected chi connectivity index (χ1v) is 9.35. The average molecular weight is 399 g/mol. The molecule has 0 saturated carbocycles. The van der Waals surface area contributed by atoms with Gasteiger partial charge in [0, 0.05) is 15.2 Å². The summed E-state index contributed by atoms with van der Waals surface area (Å²) in [7, 11) is 0. The van der Waals surface area contributed by atoms with E-state index in [9.17, 15) is 0 Å². The van der Waals surface area contributed by atoms with Gasteiger partial charge in [0.1, 0.15) is 11.2 Å². The van der Waals surface area contributed by atoms with Gasteiger partial charge >= 0.3 is 0 Å².